The van der Waals surface area contributed by atoms with Crippen molar-refractivity contribution in [3.8, 4) is 0 Å². The van der Waals surface area contributed by atoms with E-state index in [0.717, 1.165) is 11.3 Å². The predicted octanol–water partition coefficient (Wildman–Crippen LogP) is 3.50. The molecule has 20 heavy (non-hydrogen) atoms. The first-order chi connectivity index (χ1) is 9.14. The Hall–Kier alpha value is -1.40. The summed E-state index contributed by atoms with van der Waals surface area (Å²) in [5.74, 6) is -0.747. The molecule has 1 heterocycles. The van der Waals surface area contributed by atoms with Crippen LogP contribution in [0.25, 0.3) is 5.57 Å². The van der Waals surface area contributed by atoms with Gasteiger partial charge in [-0.3, -0.25) is 4.79 Å². The number of allylic oxidation sites excluding steroid dienone is 1. The molecule has 0 atom stereocenters. The Labute approximate surface area is 127 Å². The lowest BCUT2D eigenvalue weighted by Crippen LogP contribution is -2.24. The number of nitrogens with one attached hydrogen (secondary N) is 1. The molecule has 0 fully saturated rings. The highest BCUT2D eigenvalue weighted by molar-refractivity contribution is 7.19. The SMILES string of the molecule is C/C=C(\C(=O)OC(C)(C)C)c1nc(NC(C)=O)sc1Cl. The lowest BCUT2D eigenvalue weighted by atomic mass is 10.1. The second-order valence-electron chi connectivity index (χ2n) is 5.03. The molecule has 5 nitrogen and oxygen atoms in total. The summed E-state index contributed by atoms with van der Waals surface area (Å²) < 4.78 is 5.63. The Morgan fingerprint density at radius 3 is 2.45 bits per heavy atom. The number of carbonyl (C=O) groups is 2. The fourth-order valence-electron chi connectivity index (χ4n) is 1.36. The van der Waals surface area contributed by atoms with Crippen LogP contribution in [0.3, 0.4) is 0 Å². The zero-order chi connectivity index (χ0) is 15.5. The molecule has 1 aromatic rings. The third kappa shape index (κ3) is 4.61. The molecule has 0 saturated heterocycles. The Morgan fingerprint density at radius 1 is 1.40 bits per heavy atom. The van der Waals surface area contributed by atoms with E-state index in [1.54, 1.807) is 33.8 Å². The lowest BCUT2D eigenvalue weighted by Gasteiger charge is -2.20. The van der Waals surface area contributed by atoms with Gasteiger partial charge in [0.1, 0.15) is 15.6 Å². The molecule has 110 valence electrons. The molecular formula is C13H17ClN2O3S. The Bertz CT molecular complexity index is 558. The average molecular weight is 317 g/mol. The summed E-state index contributed by atoms with van der Waals surface area (Å²) in [7, 11) is 0. The van der Waals surface area contributed by atoms with Crippen LogP contribution in [0.15, 0.2) is 6.08 Å². The summed E-state index contributed by atoms with van der Waals surface area (Å²) in [6, 6.07) is 0. The molecule has 0 aliphatic heterocycles. The predicted molar refractivity (Wildman–Crippen MR) is 80.9 cm³/mol. The number of esters is 1. The molecule has 1 N–H and O–H groups in total. The van der Waals surface area contributed by atoms with Crippen LogP contribution in [-0.2, 0) is 14.3 Å². The van der Waals surface area contributed by atoms with Gasteiger partial charge in [-0.15, -0.1) is 0 Å². The van der Waals surface area contributed by atoms with Crippen LogP contribution in [-0.4, -0.2) is 22.5 Å². The van der Waals surface area contributed by atoms with Crippen molar-refractivity contribution in [1.82, 2.24) is 4.98 Å². The fourth-order valence-corrected chi connectivity index (χ4v) is 2.47. The molecule has 1 aromatic heterocycles. The topological polar surface area (TPSA) is 68.3 Å². The van der Waals surface area contributed by atoms with Gasteiger partial charge in [-0.25, -0.2) is 9.78 Å². The van der Waals surface area contributed by atoms with Crippen LogP contribution in [0.2, 0.25) is 4.34 Å². The van der Waals surface area contributed by atoms with E-state index in [-0.39, 0.29) is 11.5 Å². The van der Waals surface area contributed by atoms with Crippen molar-refractivity contribution in [1.29, 1.82) is 0 Å². The Kier molecular flexibility index (Phi) is 5.30. The average Bonchev–Trinajstić information content (AvgIpc) is 2.57. The summed E-state index contributed by atoms with van der Waals surface area (Å²) >= 11 is 7.17. The normalized spacial score (nSPS) is 12.2. The number of amides is 1. The maximum atomic E-state index is 12.1. The summed E-state index contributed by atoms with van der Waals surface area (Å²) in [5.41, 5.74) is -0.0103. The van der Waals surface area contributed by atoms with E-state index >= 15 is 0 Å². The van der Waals surface area contributed by atoms with E-state index in [1.165, 1.54) is 6.92 Å². The number of anilines is 1. The standard InChI is InChI=1S/C13H17ClN2O3S/c1-6-8(11(18)19-13(3,4)5)9-10(14)20-12(16-9)15-7(2)17/h6H,1-5H3,(H,15,16,17)/b8-6-. The molecular weight excluding hydrogens is 300 g/mol. The maximum Gasteiger partial charge on any atom is 0.340 e. The zero-order valence-electron chi connectivity index (χ0n) is 12.0. The van der Waals surface area contributed by atoms with Crippen molar-refractivity contribution in [2.24, 2.45) is 0 Å². The highest BCUT2D eigenvalue weighted by atomic mass is 35.5. The molecule has 0 aromatic carbocycles. The van der Waals surface area contributed by atoms with E-state index in [0.29, 0.717) is 15.2 Å². The van der Waals surface area contributed by atoms with Crippen molar-refractivity contribution in [3.63, 3.8) is 0 Å². The molecule has 0 saturated carbocycles. The van der Waals surface area contributed by atoms with E-state index in [2.05, 4.69) is 10.3 Å². The van der Waals surface area contributed by atoms with Crippen LogP contribution in [0, 0.1) is 0 Å². The van der Waals surface area contributed by atoms with Crippen LogP contribution >= 0.6 is 22.9 Å². The second kappa shape index (κ2) is 6.37. The second-order valence-corrected chi connectivity index (χ2v) is 6.63. The highest BCUT2D eigenvalue weighted by Crippen LogP contribution is 2.33. The van der Waals surface area contributed by atoms with Crippen molar-refractivity contribution in [2.75, 3.05) is 5.32 Å². The van der Waals surface area contributed by atoms with Gasteiger partial charge in [0, 0.05) is 6.92 Å². The van der Waals surface area contributed by atoms with Gasteiger partial charge in [0.05, 0.1) is 5.57 Å². The quantitative estimate of drug-likeness (QED) is 0.684. The third-order valence-corrected chi connectivity index (χ3v) is 3.20. The van der Waals surface area contributed by atoms with E-state index in [1.807, 2.05) is 0 Å². The molecule has 0 radical (unpaired) electrons. The number of aromatic nitrogens is 1. The molecule has 0 aliphatic rings. The summed E-state index contributed by atoms with van der Waals surface area (Å²) in [5, 5.41) is 2.88. The molecule has 0 unspecified atom stereocenters. The molecule has 0 spiro atoms. The first-order valence-corrected chi connectivity index (χ1v) is 7.17. The summed E-state index contributed by atoms with van der Waals surface area (Å²) in [4.78, 5) is 27.3. The monoisotopic (exact) mass is 316 g/mol. The third-order valence-electron chi connectivity index (χ3n) is 2.03. The van der Waals surface area contributed by atoms with Gasteiger partial charge in [-0.05, 0) is 27.7 Å². The lowest BCUT2D eigenvalue weighted by molar-refractivity contribution is -0.147. The van der Waals surface area contributed by atoms with Gasteiger partial charge in [0.25, 0.3) is 0 Å². The van der Waals surface area contributed by atoms with Gasteiger partial charge >= 0.3 is 5.97 Å². The number of halogens is 1. The van der Waals surface area contributed by atoms with Crippen molar-refractivity contribution in [3.05, 3.63) is 16.1 Å². The van der Waals surface area contributed by atoms with Gasteiger partial charge in [0.2, 0.25) is 5.91 Å². The van der Waals surface area contributed by atoms with E-state index in [9.17, 15) is 9.59 Å². The number of nitrogens with zero attached hydrogens (tertiary/aromatic N) is 1. The summed E-state index contributed by atoms with van der Waals surface area (Å²) in [6.07, 6.45) is 1.59. The van der Waals surface area contributed by atoms with Crippen molar-refractivity contribution >= 4 is 45.5 Å². The number of thiazole rings is 1. The molecule has 7 heteroatoms. The number of hydrogen-bond acceptors (Lipinski definition) is 5. The van der Waals surface area contributed by atoms with E-state index < -0.39 is 11.6 Å². The molecule has 0 aliphatic carbocycles. The minimum atomic E-state index is -0.603. The Balaban J connectivity index is 3.05. The van der Waals surface area contributed by atoms with Crippen LogP contribution in [0.4, 0.5) is 5.13 Å². The van der Waals surface area contributed by atoms with Crippen LogP contribution < -0.4 is 5.32 Å². The minimum Gasteiger partial charge on any atom is -0.456 e. The fraction of sp³-hybridized carbons (Fsp3) is 0.462. The number of carbonyl (C=O) groups excluding carboxylic acids is 2. The maximum absolute atomic E-state index is 12.1. The summed E-state index contributed by atoms with van der Waals surface area (Å²) in [6.45, 7) is 8.42. The molecule has 0 bridgehead atoms. The highest BCUT2D eigenvalue weighted by Gasteiger charge is 2.24. The number of rotatable bonds is 3. The zero-order valence-corrected chi connectivity index (χ0v) is 13.6. The van der Waals surface area contributed by atoms with Crippen LogP contribution in [0.1, 0.15) is 40.3 Å². The van der Waals surface area contributed by atoms with Gasteiger partial charge in [-0.2, -0.15) is 0 Å². The largest absolute Gasteiger partial charge is 0.456 e. The molecule has 1 rings (SSSR count). The first-order valence-electron chi connectivity index (χ1n) is 5.98. The van der Waals surface area contributed by atoms with Gasteiger partial charge in [0.15, 0.2) is 5.13 Å². The minimum absolute atomic E-state index is 0.249. The number of hydrogen-bond donors (Lipinski definition) is 1. The Morgan fingerprint density at radius 2 is 2.00 bits per heavy atom. The van der Waals surface area contributed by atoms with E-state index in [4.69, 9.17) is 16.3 Å². The first kappa shape index (κ1) is 16.7. The molecule has 1 amide bonds. The van der Waals surface area contributed by atoms with Gasteiger partial charge < -0.3 is 10.1 Å². The van der Waals surface area contributed by atoms with Crippen molar-refractivity contribution in [2.45, 2.75) is 40.2 Å². The smallest absolute Gasteiger partial charge is 0.340 e. The number of ether oxygens (including phenoxy) is 1. The van der Waals surface area contributed by atoms with Gasteiger partial charge in [-0.1, -0.05) is 29.0 Å². The van der Waals surface area contributed by atoms with Crippen LogP contribution in [0.5, 0.6) is 0 Å². The van der Waals surface area contributed by atoms with Crippen molar-refractivity contribution < 1.29 is 14.3 Å².